The number of hydrogen-bond acceptors (Lipinski definition) is 6. The number of urea groups is 1. The molecule has 0 radical (unpaired) electrons. The predicted molar refractivity (Wildman–Crippen MR) is 96.0 cm³/mol. The number of nitrogens with zero attached hydrogens (tertiary/aromatic N) is 4. The number of amides is 3. The molecule has 1 fully saturated rings. The molecule has 3 amide bonds. The van der Waals surface area contributed by atoms with Crippen LogP contribution in [0.15, 0.2) is 42.7 Å². The van der Waals surface area contributed by atoms with Crippen molar-refractivity contribution in [3.05, 3.63) is 42.7 Å². The van der Waals surface area contributed by atoms with Crippen LogP contribution < -0.4 is 15.5 Å². The van der Waals surface area contributed by atoms with Gasteiger partial charge in [0.15, 0.2) is 0 Å². The predicted octanol–water partition coefficient (Wildman–Crippen LogP) is 0.652. The smallest absolute Gasteiger partial charge is 0.317 e. The zero-order chi connectivity index (χ0) is 18.4. The first-order chi connectivity index (χ1) is 12.6. The molecule has 0 spiro atoms. The highest BCUT2D eigenvalue weighted by Gasteiger charge is 2.22. The van der Waals surface area contributed by atoms with Gasteiger partial charge in [-0.1, -0.05) is 0 Å². The number of carbonyl (C=O) groups is 2. The topological polar surface area (TPSA) is 111 Å². The van der Waals surface area contributed by atoms with E-state index >= 15 is 0 Å². The molecule has 26 heavy (non-hydrogen) atoms. The van der Waals surface area contributed by atoms with Crippen LogP contribution >= 0.6 is 0 Å². The number of anilines is 2. The highest BCUT2D eigenvalue weighted by molar-refractivity contribution is 5.94. The molecule has 3 rings (SSSR count). The number of rotatable bonds is 4. The number of phenols is 1. The van der Waals surface area contributed by atoms with Crippen LogP contribution in [-0.4, -0.2) is 64.6 Å². The Kier molecular flexibility index (Phi) is 5.47. The van der Waals surface area contributed by atoms with Crippen molar-refractivity contribution in [1.29, 1.82) is 0 Å². The second-order valence-electron chi connectivity index (χ2n) is 5.78. The van der Waals surface area contributed by atoms with E-state index in [2.05, 4.69) is 20.6 Å². The van der Waals surface area contributed by atoms with E-state index < -0.39 is 0 Å². The van der Waals surface area contributed by atoms with Gasteiger partial charge in [0.25, 0.3) is 0 Å². The van der Waals surface area contributed by atoms with Crippen molar-refractivity contribution in [3.8, 4) is 5.75 Å². The SMILES string of the molecule is O=C(CNC(=O)N1CCN(c2ncccn2)CC1)Nc1ccc(O)cc1. The van der Waals surface area contributed by atoms with Gasteiger partial charge in [-0.15, -0.1) is 0 Å². The summed E-state index contributed by atoms with van der Waals surface area (Å²) in [5.74, 6) is 0.442. The summed E-state index contributed by atoms with van der Waals surface area (Å²) in [6.45, 7) is 2.21. The van der Waals surface area contributed by atoms with E-state index in [0.29, 0.717) is 37.8 Å². The monoisotopic (exact) mass is 356 g/mol. The summed E-state index contributed by atoms with van der Waals surface area (Å²) in [7, 11) is 0. The Morgan fingerprint density at radius 3 is 2.35 bits per heavy atom. The molecule has 0 atom stereocenters. The molecular weight excluding hydrogens is 336 g/mol. The molecule has 2 aromatic rings. The molecule has 0 unspecified atom stereocenters. The van der Waals surface area contributed by atoms with E-state index in [1.807, 2.05) is 4.90 Å². The molecule has 3 N–H and O–H groups in total. The van der Waals surface area contributed by atoms with Crippen LogP contribution in [0.1, 0.15) is 0 Å². The molecule has 1 aliphatic heterocycles. The molecule has 1 saturated heterocycles. The minimum atomic E-state index is -0.333. The first kappa shape index (κ1) is 17.5. The average Bonchev–Trinajstić information content (AvgIpc) is 2.69. The third kappa shape index (κ3) is 4.59. The minimum Gasteiger partial charge on any atom is -0.508 e. The van der Waals surface area contributed by atoms with Crippen molar-refractivity contribution in [1.82, 2.24) is 20.2 Å². The lowest BCUT2D eigenvalue weighted by molar-refractivity contribution is -0.115. The summed E-state index contributed by atoms with van der Waals surface area (Å²) >= 11 is 0. The molecule has 0 aliphatic carbocycles. The summed E-state index contributed by atoms with van der Waals surface area (Å²) in [5.41, 5.74) is 0.554. The number of aromatic nitrogens is 2. The largest absolute Gasteiger partial charge is 0.508 e. The quantitative estimate of drug-likeness (QED) is 0.694. The first-order valence-electron chi connectivity index (χ1n) is 8.25. The molecule has 9 nitrogen and oxygen atoms in total. The highest BCUT2D eigenvalue weighted by atomic mass is 16.3. The van der Waals surface area contributed by atoms with Gasteiger partial charge in [-0.3, -0.25) is 4.79 Å². The van der Waals surface area contributed by atoms with Crippen LogP contribution in [0.25, 0.3) is 0 Å². The third-order valence-corrected chi connectivity index (χ3v) is 3.95. The molecule has 1 aromatic carbocycles. The number of carbonyl (C=O) groups excluding carboxylic acids is 2. The molecule has 9 heteroatoms. The number of hydrogen-bond donors (Lipinski definition) is 3. The van der Waals surface area contributed by atoms with E-state index in [1.54, 1.807) is 35.5 Å². The van der Waals surface area contributed by atoms with Crippen LogP contribution in [0, 0.1) is 0 Å². The lowest BCUT2D eigenvalue weighted by Crippen LogP contribution is -2.53. The minimum absolute atomic E-state index is 0.122. The summed E-state index contributed by atoms with van der Waals surface area (Å²) < 4.78 is 0. The van der Waals surface area contributed by atoms with E-state index in [-0.39, 0.29) is 24.2 Å². The van der Waals surface area contributed by atoms with Crippen LogP contribution in [0.3, 0.4) is 0 Å². The number of aromatic hydroxyl groups is 1. The highest BCUT2D eigenvalue weighted by Crippen LogP contribution is 2.13. The van der Waals surface area contributed by atoms with Crippen molar-refractivity contribution < 1.29 is 14.7 Å². The van der Waals surface area contributed by atoms with Crippen LogP contribution in [0.4, 0.5) is 16.4 Å². The Morgan fingerprint density at radius 1 is 1.04 bits per heavy atom. The molecule has 1 aromatic heterocycles. The van der Waals surface area contributed by atoms with Gasteiger partial charge < -0.3 is 25.5 Å². The van der Waals surface area contributed by atoms with Crippen molar-refractivity contribution >= 4 is 23.6 Å². The van der Waals surface area contributed by atoms with Gasteiger partial charge in [0.05, 0.1) is 6.54 Å². The number of piperazine rings is 1. The molecule has 2 heterocycles. The zero-order valence-electron chi connectivity index (χ0n) is 14.1. The summed E-state index contributed by atoms with van der Waals surface area (Å²) in [5, 5.41) is 14.5. The number of nitrogens with one attached hydrogen (secondary N) is 2. The molecular formula is C17H20N6O3. The van der Waals surface area contributed by atoms with E-state index in [1.165, 1.54) is 12.1 Å². The summed E-state index contributed by atoms with van der Waals surface area (Å²) in [4.78, 5) is 36.2. The van der Waals surface area contributed by atoms with Crippen molar-refractivity contribution in [3.63, 3.8) is 0 Å². The Morgan fingerprint density at radius 2 is 1.69 bits per heavy atom. The average molecular weight is 356 g/mol. The van der Waals surface area contributed by atoms with E-state index in [0.717, 1.165) is 0 Å². The van der Waals surface area contributed by atoms with Gasteiger partial charge in [-0.25, -0.2) is 14.8 Å². The van der Waals surface area contributed by atoms with Gasteiger partial charge in [0.1, 0.15) is 5.75 Å². The maximum absolute atomic E-state index is 12.2. The summed E-state index contributed by atoms with van der Waals surface area (Å²) in [6.07, 6.45) is 3.38. The second kappa shape index (κ2) is 8.15. The van der Waals surface area contributed by atoms with E-state index in [9.17, 15) is 14.7 Å². The van der Waals surface area contributed by atoms with Gasteiger partial charge >= 0.3 is 6.03 Å². The van der Waals surface area contributed by atoms with Crippen LogP contribution in [0.2, 0.25) is 0 Å². The molecule has 1 aliphatic rings. The van der Waals surface area contributed by atoms with Gasteiger partial charge in [-0.2, -0.15) is 0 Å². The summed E-state index contributed by atoms with van der Waals surface area (Å²) in [6, 6.07) is 7.60. The van der Waals surface area contributed by atoms with Crippen molar-refractivity contribution in [2.45, 2.75) is 0 Å². The van der Waals surface area contributed by atoms with Gasteiger partial charge in [-0.05, 0) is 30.3 Å². The van der Waals surface area contributed by atoms with Gasteiger partial charge in [0, 0.05) is 44.3 Å². The fourth-order valence-electron chi connectivity index (χ4n) is 2.58. The van der Waals surface area contributed by atoms with E-state index in [4.69, 9.17) is 0 Å². The fraction of sp³-hybridized carbons (Fsp3) is 0.294. The number of phenolic OH excluding ortho intramolecular Hbond substituents is 1. The normalized spacial score (nSPS) is 14.0. The Balaban J connectivity index is 1.41. The molecule has 0 saturated carbocycles. The van der Waals surface area contributed by atoms with Gasteiger partial charge in [0.2, 0.25) is 11.9 Å². The van der Waals surface area contributed by atoms with Crippen LogP contribution in [-0.2, 0) is 4.79 Å². The van der Waals surface area contributed by atoms with Crippen molar-refractivity contribution in [2.75, 3.05) is 42.9 Å². The zero-order valence-corrected chi connectivity index (χ0v) is 14.1. The molecule has 0 bridgehead atoms. The lowest BCUT2D eigenvalue weighted by atomic mass is 10.3. The fourth-order valence-corrected chi connectivity index (χ4v) is 2.58. The standard InChI is InChI=1S/C17H20N6O3/c24-14-4-2-13(3-5-14)21-15(25)12-20-17(26)23-10-8-22(9-11-23)16-18-6-1-7-19-16/h1-7,24H,8-12H2,(H,20,26)(H,21,25). The Bertz CT molecular complexity index is 745. The lowest BCUT2D eigenvalue weighted by Gasteiger charge is -2.34. The maximum Gasteiger partial charge on any atom is 0.317 e. The Hall–Kier alpha value is -3.36. The van der Waals surface area contributed by atoms with Crippen LogP contribution in [0.5, 0.6) is 5.75 Å². The molecule has 136 valence electrons. The maximum atomic E-state index is 12.2. The first-order valence-corrected chi connectivity index (χ1v) is 8.25. The second-order valence-corrected chi connectivity index (χ2v) is 5.78. The third-order valence-electron chi connectivity index (χ3n) is 3.95. The Labute approximate surface area is 150 Å². The van der Waals surface area contributed by atoms with Crippen molar-refractivity contribution in [2.24, 2.45) is 0 Å². The number of benzene rings is 1.